The average molecular weight is 164 g/mol. The molecule has 0 aliphatic heterocycles. The van der Waals surface area contributed by atoms with E-state index < -0.39 is 0 Å². The molecule has 1 aromatic rings. The number of anilines is 1. The molecule has 0 saturated heterocycles. The summed E-state index contributed by atoms with van der Waals surface area (Å²) in [6.07, 6.45) is 0. The van der Waals surface area contributed by atoms with Gasteiger partial charge < -0.3 is 5.43 Å². The molecule has 1 rings (SSSR count). The lowest BCUT2D eigenvalue weighted by Crippen LogP contribution is -2.24. The van der Waals surface area contributed by atoms with Crippen molar-refractivity contribution in [1.29, 1.82) is 0 Å². The minimum atomic E-state index is 0.994. The van der Waals surface area contributed by atoms with Crippen LogP contribution in [0.15, 0.2) is 24.3 Å². The number of nitrogens with one attached hydrogen (secondary N) is 1. The number of hydrogen-bond donors (Lipinski definition) is 1. The van der Waals surface area contributed by atoms with Gasteiger partial charge in [-0.05, 0) is 18.6 Å². The molecular weight excluding hydrogens is 148 g/mol. The number of aryl methyl sites for hydroxylation is 1. The van der Waals surface area contributed by atoms with E-state index in [4.69, 9.17) is 0 Å². The molecule has 0 spiro atoms. The maximum Gasteiger partial charge on any atom is 0.0519 e. The number of para-hydroxylation sites is 1. The van der Waals surface area contributed by atoms with Crippen LogP contribution in [0.2, 0.25) is 0 Å². The van der Waals surface area contributed by atoms with E-state index in [1.807, 2.05) is 19.2 Å². The van der Waals surface area contributed by atoms with Gasteiger partial charge in [-0.25, -0.2) is 5.01 Å². The van der Waals surface area contributed by atoms with Crippen molar-refractivity contribution in [2.45, 2.75) is 13.8 Å². The molecule has 0 fully saturated rings. The first-order valence-electron chi connectivity index (χ1n) is 4.27. The Bertz CT molecular complexity index is 245. The predicted octanol–water partition coefficient (Wildman–Crippen LogP) is 2.27. The molecular formula is C10H16N2. The predicted molar refractivity (Wildman–Crippen MR) is 53.1 cm³/mol. The summed E-state index contributed by atoms with van der Waals surface area (Å²) in [5.74, 6) is 0. The topological polar surface area (TPSA) is 15.3 Å². The lowest BCUT2D eigenvalue weighted by atomic mass is 10.2. The Morgan fingerprint density at radius 2 is 2.00 bits per heavy atom. The van der Waals surface area contributed by atoms with E-state index in [0.29, 0.717) is 0 Å². The fourth-order valence-electron chi connectivity index (χ4n) is 0.983. The standard InChI is InChI=1S/C10H16N2/c1-4-12(3)11-10-8-6-5-7-9(10)2/h5-8,11H,4H2,1-3H3. The number of hydrogen-bond acceptors (Lipinski definition) is 2. The van der Waals surface area contributed by atoms with Crippen molar-refractivity contribution in [2.24, 2.45) is 0 Å². The summed E-state index contributed by atoms with van der Waals surface area (Å²) in [4.78, 5) is 0. The molecule has 1 aromatic carbocycles. The zero-order valence-corrected chi connectivity index (χ0v) is 7.96. The summed E-state index contributed by atoms with van der Waals surface area (Å²) in [6.45, 7) is 5.21. The Morgan fingerprint density at radius 1 is 1.33 bits per heavy atom. The summed E-state index contributed by atoms with van der Waals surface area (Å²) in [5.41, 5.74) is 5.75. The van der Waals surface area contributed by atoms with Crippen LogP contribution in [0.4, 0.5) is 5.69 Å². The molecule has 2 heteroatoms. The molecule has 12 heavy (non-hydrogen) atoms. The highest BCUT2D eigenvalue weighted by molar-refractivity contribution is 5.49. The molecule has 2 nitrogen and oxygen atoms in total. The van der Waals surface area contributed by atoms with Crippen LogP contribution in [0.25, 0.3) is 0 Å². The third-order valence-corrected chi connectivity index (χ3v) is 1.93. The second kappa shape index (κ2) is 4.12. The van der Waals surface area contributed by atoms with Gasteiger partial charge in [0.2, 0.25) is 0 Å². The van der Waals surface area contributed by atoms with Crippen LogP contribution in [0.3, 0.4) is 0 Å². The van der Waals surface area contributed by atoms with Crippen LogP contribution >= 0.6 is 0 Å². The smallest absolute Gasteiger partial charge is 0.0519 e. The summed E-state index contributed by atoms with van der Waals surface area (Å²) in [6, 6.07) is 8.28. The fraction of sp³-hybridized carbons (Fsp3) is 0.400. The molecule has 0 atom stereocenters. The minimum Gasteiger partial charge on any atom is -0.319 e. The van der Waals surface area contributed by atoms with Gasteiger partial charge in [0.25, 0.3) is 0 Å². The number of benzene rings is 1. The van der Waals surface area contributed by atoms with Crippen molar-refractivity contribution in [1.82, 2.24) is 5.01 Å². The average Bonchev–Trinajstić information content (AvgIpc) is 2.09. The Balaban J connectivity index is 2.69. The van der Waals surface area contributed by atoms with Crippen molar-refractivity contribution < 1.29 is 0 Å². The van der Waals surface area contributed by atoms with Gasteiger partial charge in [0, 0.05) is 13.6 Å². The monoisotopic (exact) mass is 164 g/mol. The van der Waals surface area contributed by atoms with Crippen LogP contribution in [-0.2, 0) is 0 Å². The third kappa shape index (κ3) is 2.24. The summed E-state index contributed by atoms with van der Waals surface area (Å²) in [7, 11) is 2.03. The van der Waals surface area contributed by atoms with E-state index in [1.54, 1.807) is 0 Å². The highest BCUT2D eigenvalue weighted by Crippen LogP contribution is 2.12. The largest absolute Gasteiger partial charge is 0.319 e. The molecule has 66 valence electrons. The molecule has 0 aliphatic carbocycles. The van der Waals surface area contributed by atoms with E-state index in [2.05, 4.69) is 36.4 Å². The Labute approximate surface area is 74.2 Å². The van der Waals surface area contributed by atoms with Crippen molar-refractivity contribution in [2.75, 3.05) is 19.0 Å². The summed E-state index contributed by atoms with van der Waals surface area (Å²) >= 11 is 0. The van der Waals surface area contributed by atoms with E-state index in [9.17, 15) is 0 Å². The van der Waals surface area contributed by atoms with Crippen molar-refractivity contribution >= 4 is 5.69 Å². The van der Waals surface area contributed by atoms with Gasteiger partial charge in [-0.2, -0.15) is 0 Å². The van der Waals surface area contributed by atoms with Gasteiger partial charge >= 0.3 is 0 Å². The van der Waals surface area contributed by atoms with Gasteiger partial charge in [0.1, 0.15) is 0 Å². The number of hydrazine groups is 1. The third-order valence-electron chi connectivity index (χ3n) is 1.93. The van der Waals surface area contributed by atoms with Crippen LogP contribution < -0.4 is 5.43 Å². The van der Waals surface area contributed by atoms with Gasteiger partial charge in [-0.3, -0.25) is 0 Å². The molecule has 0 bridgehead atoms. The van der Waals surface area contributed by atoms with Gasteiger partial charge in [-0.1, -0.05) is 25.1 Å². The first-order valence-corrected chi connectivity index (χ1v) is 4.27. The molecule has 0 amide bonds. The SMILES string of the molecule is CCN(C)Nc1ccccc1C. The zero-order valence-electron chi connectivity index (χ0n) is 7.96. The van der Waals surface area contributed by atoms with Crippen molar-refractivity contribution in [3.05, 3.63) is 29.8 Å². The number of nitrogens with zero attached hydrogens (tertiary/aromatic N) is 1. The number of rotatable bonds is 3. The van der Waals surface area contributed by atoms with Crippen LogP contribution in [0, 0.1) is 6.92 Å². The van der Waals surface area contributed by atoms with Crippen molar-refractivity contribution in [3.63, 3.8) is 0 Å². The first kappa shape index (κ1) is 9.07. The second-order valence-electron chi connectivity index (χ2n) is 2.94. The van der Waals surface area contributed by atoms with Crippen LogP contribution in [0.5, 0.6) is 0 Å². The van der Waals surface area contributed by atoms with Crippen LogP contribution in [-0.4, -0.2) is 18.6 Å². The molecule has 0 aliphatic rings. The molecule has 1 N–H and O–H groups in total. The maximum atomic E-state index is 3.29. The Kier molecular flexibility index (Phi) is 3.11. The van der Waals surface area contributed by atoms with E-state index in [-0.39, 0.29) is 0 Å². The van der Waals surface area contributed by atoms with Gasteiger partial charge in [-0.15, -0.1) is 0 Å². The highest BCUT2D eigenvalue weighted by atomic mass is 15.5. The normalized spacial score (nSPS) is 10.3. The van der Waals surface area contributed by atoms with Gasteiger partial charge in [0.15, 0.2) is 0 Å². The molecule has 0 unspecified atom stereocenters. The van der Waals surface area contributed by atoms with E-state index in [0.717, 1.165) is 6.54 Å². The fourth-order valence-corrected chi connectivity index (χ4v) is 0.983. The maximum absolute atomic E-state index is 3.29. The molecule has 0 saturated carbocycles. The molecule has 0 aromatic heterocycles. The lowest BCUT2D eigenvalue weighted by Gasteiger charge is -2.18. The quantitative estimate of drug-likeness (QED) is 0.689. The molecule has 0 radical (unpaired) electrons. The van der Waals surface area contributed by atoms with Crippen LogP contribution in [0.1, 0.15) is 12.5 Å². The first-order chi connectivity index (χ1) is 5.74. The van der Waals surface area contributed by atoms with Gasteiger partial charge in [0.05, 0.1) is 5.69 Å². The van der Waals surface area contributed by atoms with E-state index in [1.165, 1.54) is 11.3 Å². The molecule has 0 heterocycles. The zero-order chi connectivity index (χ0) is 8.97. The van der Waals surface area contributed by atoms with Crippen molar-refractivity contribution in [3.8, 4) is 0 Å². The lowest BCUT2D eigenvalue weighted by molar-refractivity contribution is 0.425. The minimum absolute atomic E-state index is 0.994. The Hall–Kier alpha value is -1.02. The summed E-state index contributed by atoms with van der Waals surface area (Å²) < 4.78 is 0. The van der Waals surface area contributed by atoms with E-state index >= 15 is 0 Å². The Morgan fingerprint density at radius 3 is 2.58 bits per heavy atom. The second-order valence-corrected chi connectivity index (χ2v) is 2.94. The summed E-state index contributed by atoms with van der Waals surface area (Å²) in [5, 5.41) is 2.06. The highest BCUT2D eigenvalue weighted by Gasteiger charge is 1.96.